The van der Waals surface area contributed by atoms with E-state index < -0.39 is 0 Å². The Balaban J connectivity index is 1.40. The van der Waals surface area contributed by atoms with Crippen molar-refractivity contribution in [2.24, 2.45) is 0 Å². The van der Waals surface area contributed by atoms with E-state index in [1.165, 1.54) is 17.3 Å². The normalized spacial score (nSPS) is 10.8. The Morgan fingerprint density at radius 1 is 1.13 bits per heavy atom. The molecule has 0 saturated heterocycles. The number of pyridine rings is 1. The van der Waals surface area contributed by atoms with Crippen molar-refractivity contribution in [3.8, 4) is 0 Å². The Morgan fingerprint density at radius 3 is 2.83 bits per heavy atom. The number of nitrogens with zero attached hydrogens (tertiary/aromatic N) is 2. The van der Waals surface area contributed by atoms with Crippen LogP contribution in [0.15, 0.2) is 66.1 Å². The zero-order chi connectivity index (χ0) is 15.9. The maximum absolute atomic E-state index is 11.9. The minimum absolute atomic E-state index is 0.0516. The molecule has 0 aliphatic rings. The molecule has 0 fully saturated rings. The molecule has 4 nitrogen and oxygen atoms in total. The molecule has 1 N–H and O–H groups in total. The second kappa shape index (κ2) is 7.83. The van der Waals surface area contributed by atoms with Crippen LogP contribution in [0.4, 0.5) is 0 Å². The first-order chi connectivity index (χ1) is 11.3. The standard InChI is InChI=1S/C18H19N3OS/c22-17(19-11-6-9-15-7-2-1-3-8-15)14-23-18-20-13-16-10-4-5-12-21(16)18/h1-5,7-8,10,12-13H,6,9,11,14H2,(H,19,22). The largest absolute Gasteiger partial charge is 0.355 e. The van der Waals surface area contributed by atoms with Crippen LogP contribution in [0.5, 0.6) is 0 Å². The molecule has 0 unspecified atom stereocenters. The summed E-state index contributed by atoms with van der Waals surface area (Å²) in [5.74, 6) is 0.440. The van der Waals surface area contributed by atoms with Crippen molar-refractivity contribution in [2.75, 3.05) is 12.3 Å². The lowest BCUT2D eigenvalue weighted by Gasteiger charge is -2.05. The van der Waals surface area contributed by atoms with E-state index >= 15 is 0 Å². The molecule has 2 heterocycles. The van der Waals surface area contributed by atoms with E-state index in [2.05, 4.69) is 22.4 Å². The maximum Gasteiger partial charge on any atom is 0.230 e. The molecule has 118 valence electrons. The van der Waals surface area contributed by atoms with Gasteiger partial charge in [0.25, 0.3) is 0 Å². The van der Waals surface area contributed by atoms with Crippen molar-refractivity contribution >= 4 is 23.2 Å². The van der Waals surface area contributed by atoms with Crippen LogP contribution < -0.4 is 5.32 Å². The minimum Gasteiger partial charge on any atom is -0.355 e. The molecule has 5 heteroatoms. The number of hydrogen-bond acceptors (Lipinski definition) is 3. The molecule has 2 aromatic heterocycles. The number of benzene rings is 1. The zero-order valence-electron chi connectivity index (χ0n) is 12.8. The molecule has 1 amide bonds. The van der Waals surface area contributed by atoms with Gasteiger partial charge in [0, 0.05) is 12.7 Å². The van der Waals surface area contributed by atoms with Gasteiger partial charge in [-0.1, -0.05) is 48.2 Å². The zero-order valence-corrected chi connectivity index (χ0v) is 13.6. The molecule has 3 aromatic rings. The van der Waals surface area contributed by atoms with E-state index in [4.69, 9.17) is 0 Å². The number of aryl methyl sites for hydroxylation is 1. The molecular formula is C18H19N3OS. The number of fused-ring (bicyclic) bond motifs is 1. The number of imidazole rings is 1. The molecule has 3 rings (SSSR count). The maximum atomic E-state index is 11.9. The van der Waals surface area contributed by atoms with Crippen LogP contribution in [0.1, 0.15) is 12.0 Å². The van der Waals surface area contributed by atoms with Crippen LogP contribution in [-0.2, 0) is 11.2 Å². The van der Waals surface area contributed by atoms with Crippen molar-refractivity contribution in [1.82, 2.24) is 14.7 Å². The van der Waals surface area contributed by atoms with Crippen LogP contribution in [0.2, 0.25) is 0 Å². The molecule has 0 aliphatic carbocycles. The van der Waals surface area contributed by atoms with Crippen molar-refractivity contribution < 1.29 is 4.79 Å². The number of nitrogens with one attached hydrogen (secondary N) is 1. The quantitative estimate of drug-likeness (QED) is 0.536. The van der Waals surface area contributed by atoms with Crippen LogP contribution in [0.25, 0.3) is 5.52 Å². The van der Waals surface area contributed by atoms with E-state index in [-0.39, 0.29) is 5.91 Å². The molecule has 23 heavy (non-hydrogen) atoms. The molecule has 0 saturated carbocycles. The van der Waals surface area contributed by atoms with Gasteiger partial charge < -0.3 is 5.32 Å². The first-order valence-electron chi connectivity index (χ1n) is 7.68. The molecule has 0 aliphatic heterocycles. The number of aromatic nitrogens is 2. The number of amides is 1. The molecule has 0 bridgehead atoms. The van der Waals surface area contributed by atoms with Gasteiger partial charge in [0.05, 0.1) is 17.5 Å². The topological polar surface area (TPSA) is 46.4 Å². The second-order valence-corrected chi connectivity index (χ2v) is 6.21. The van der Waals surface area contributed by atoms with E-state index in [0.29, 0.717) is 12.3 Å². The van der Waals surface area contributed by atoms with Crippen LogP contribution in [0.3, 0.4) is 0 Å². The van der Waals surface area contributed by atoms with Crippen molar-refractivity contribution in [3.63, 3.8) is 0 Å². The van der Waals surface area contributed by atoms with Crippen molar-refractivity contribution in [2.45, 2.75) is 18.0 Å². The molecular weight excluding hydrogens is 306 g/mol. The summed E-state index contributed by atoms with van der Waals surface area (Å²) in [7, 11) is 0. The van der Waals surface area contributed by atoms with Gasteiger partial charge in [-0.15, -0.1) is 0 Å². The lowest BCUT2D eigenvalue weighted by atomic mass is 10.1. The fourth-order valence-electron chi connectivity index (χ4n) is 2.37. The number of rotatable bonds is 7. The van der Waals surface area contributed by atoms with Crippen molar-refractivity contribution in [3.05, 3.63) is 66.5 Å². The Hall–Kier alpha value is -2.27. The van der Waals surface area contributed by atoms with Crippen LogP contribution >= 0.6 is 11.8 Å². The number of thioether (sulfide) groups is 1. The Bertz CT molecular complexity index is 770. The summed E-state index contributed by atoms with van der Waals surface area (Å²) < 4.78 is 1.99. The SMILES string of the molecule is O=C(CSc1ncc2ccccn12)NCCCc1ccccc1. The minimum atomic E-state index is 0.0516. The lowest BCUT2D eigenvalue weighted by Crippen LogP contribution is -2.26. The van der Waals surface area contributed by atoms with E-state index in [1.54, 1.807) is 0 Å². The van der Waals surface area contributed by atoms with Gasteiger partial charge in [-0.2, -0.15) is 0 Å². The number of carbonyl (C=O) groups excluding carboxylic acids is 1. The number of carbonyl (C=O) groups is 1. The van der Waals surface area contributed by atoms with Gasteiger partial charge in [-0.3, -0.25) is 9.20 Å². The molecule has 1 aromatic carbocycles. The molecule has 0 atom stereocenters. The number of hydrogen-bond donors (Lipinski definition) is 1. The average molecular weight is 325 g/mol. The first-order valence-corrected chi connectivity index (χ1v) is 8.67. The summed E-state index contributed by atoms with van der Waals surface area (Å²) >= 11 is 1.46. The average Bonchev–Trinajstić information content (AvgIpc) is 3.01. The fourth-order valence-corrected chi connectivity index (χ4v) is 3.17. The van der Waals surface area contributed by atoms with Gasteiger partial charge in [0.15, 0.2) is 5.16 Å². The van der Waals surface area contributed by atoms with Gasteiger partial charge in [0.1, 0.15) is 0 Å². The second-order valence-electron chi connectivity index (χ2n) is 5.26. The fraction of sp³-hybridized carbons (Fsp3) is 0.222. The van der Waals surface area contributed by atoms with Gasteiger partial charge >= 0.3 is 0 Å². The Kier molecular flexibility index (Phi) is 5.32. The highest BCUT2D eigenvalue weighted by atomic mass is 32.2. The summed E-state index contributed by atoms with van der Waals surface area (Å²) in [4.78, 5) is 16.3. The van der Waals surface area contributed by atoms with E-state index in [9.17, 15) is 4.79 Å². The van der Waals surface area contributed by atoms with E-state index in [1.807, 2.05) is 53.2 Å². The lowest BCUT2D eigenvalue weighted by molar-refractivity contribution is -0.118. The monoisotopic (exact) mass is 325 g/mol. The highest BCUT2D eigenvalue weighted by Crippen LogP contribution is 2.17. The summed E-state index contributed by atoms with van der Waals surface area (Å²) in [5.41, 5.74) is 2.35. The van der Waals surface area contributed by atoms with Crippen LogP contribution in [0, 0.1) is 0 Å². The summed E-state index contributed by atoms with van der Waals surface area (Å²) in [6, 6.07) is 16.3. The molecule has 0 radical (unpaired) electrons. The van der Waals surface area contributed by atoms with Crippen LogP contribution in [-0.4, -0.2) is 27.6 Å². The highest BCUT2D eigenvalue weighted by molar-refractivity contribution is 7.99. The Labute approximate surface area is 139 Å². The highest BCUT2D eigenvalue weighted by Gasteiger charge is 2.07. The summed E-state index contributed by atoms with van der Waals surface area (Å²) in [5, 5.41) is 3.81. The smallest absolute Gasteiger partial charge is 0.230 e. The first kappa shape index (κ1) is 15.6. The third-order valence-electron chi connectivity index (χ3n) is 3.54. The van der Waals surface area contributed by atoms with Gasteiger partial charge in [-0.25, -0.2) is 4.98 Å². The molecule has 0 spiro atoms. The summed E-state index contributed by atoms with van der Waals surface area (Å²) in [6.45, 7) is 0.705. The Morgan fingerprint density at radius 2 is 1.96 bits per heavy atom. The third kappa shape index (κ3) is 4.36. The predicted molar refractivity (Wildman–Crippen MR) is 93.7 cm³/mol. The predicted octanol–water partition coefficient (Wildman–Crippen LogP) is 3.18. The van der Waals surface area contributed by atoms with Crippen molar-refractivity contribution in [1.29, 1.82) is 0 Å². The summed E-state index contributed by atoms with van der Waals surface area (Å²) in [6.07, 6.45) is 5.72. The van der Waals surface area contributed by atoms with Gasteiger partial charge in [-0.05, 0) is 30.5 Å². The van der Waals surface area contributed by atoms with Gasteiger partial charge in [0.2, 0.25) is 5.91 Å². The third-order valence-corrected chi connectivity index (χ3v) is 4.51. The van der Waals surface area contributed by atoms with E-state index in [0.717, 1.165) is 23.5 Å².